The fourth-order valence-electron chi connectivity index (χ4n) is 9.20. The van der Waals surface area contributed by atoms with Gasteiger partial charge in [-0.05, 0) is 148 Å². The Morgan fingerprint density at radius 2 is 0.487 bits per heavy atom. The highest BCUT2D eigenvalue weighted by molar-refractivity contribution is 5.86. The largest absolute Gasteiger partial charge is 0.457 e. The summed E-state index contributed by atoms with van der Waals surface area (Å²) in [6.45, 7) is 0. The van der Waals surface area contributed by atoms with Crippen LogP contribution in [0.1, 0.15) is 44.5 Å². The van der Waals surface area contributed by atoms with Crippen molar-refractivity contribution in [3.05, 3.63) is 360 Å². The molecule has 0 aliphatic rings. The minimum Gasteiger partial charge on any atom is -0.457 e. The Kier molecular flexibility index (Phi) is 15.8. The van der Waals surface area contributed by atoms with Crippen LogP contribution in [0.5, 0.6) is 23.0 Å². The van der Waals surface area contributed by atoms with Crippen LogP contribution in [0.3, 0.4) is 0 Å². The zero-order valence-corrected chi connectivity index (χ0v) is 43.0. The van der Waals surface area contributed by atoms with E-state index in [2.05, 4.69) is 265 Å². The van der Waals surface area contributed by atoms with E-state index >= 15 is 0 Å². The SMILES string of the molecule is C(=Cc1cccc(C=Cc2ccc(N(C=C(c3ccccc3)c3ccccc3)c3ccc(Oc4ccccc4)cc3)cc2)c1)c1ccc(N(C=C(c2ccccc2)c2ccccc2)c2ccc(Oc3ccccc3)cc2)cc1. The molecule has 0 spiro atoms. The molecule has 374 valence electrons. The van der Waals surface area contributed by atoms with Crippen molar-refractivity contribution >= 4 is 58.2 Å². The van der Waals surface area contributed by atoms with Crippen LogP contribution in [0.15, 0.2) is 316 Å². The van der Waals surface area contributed by atoms with Crippen molar-refractivity contribution < 1.29 is 9.47 Å². The van der Waals surface area contributed by atoms with Crippen molar-refractivity contribution in [2.75, 3.05) is 9.80 Å². The number of anilines is 4. The van der Waals surface area contributed by atoms with E-state index in [4.69, 9.17) is 9.47 Å². The highest BCUT2D eigenvalue weighted by Gasteiger charge is 2.15. The third-order valence-electron chi connectivity index (χ3n) is 13.2. The topological polar surface area (TPSA) is 24.9 Å². The summed E-state index contributed by atoms with van der Waals surface area (Å²) in [5, 5.41) is 0. The van der Waals surface area contributed by atoms with Crippen LogP contribution in [0, 0.1) is 0 Å². The van der Waals surface area contributed by atoms with Crippen LogP contribution >= 0.6 is 0 Å². The van der Waals surface area contributed by atoms with Crippen molar-refractivity contribution in [1.82, 2.24) is 0 Å². The van der Waals surface area contributed by atoms with Gasteiger partial charge in [0, 0.05) is 46.3 Å². The first-order chi connectivity index (χ1) is 38.6. The van der Waals surface area contributed by atoms with Gasteiger partial charge in [0.2, 0.25) is 0 Å². The van der Waals surface area contributed by atoms with Crippen LogP contribution in [0.4, 0.5) is 22.7 Å². The Morgan fingerprint density at radius 3 is 0.795 bits per heavy atom. The second-order valence-electron chi connectivity index (χ2n) is 18.6. The highest BCUT2D eigenvalue weighted by atomic mass is 16.5. The molecule has 0 saturated carbocycles. The molecule has 0 heterocycles. The van der Waals surface area contributed by atoms with Gasteiger partial charge in [0.15, 0.2) is 0 Å². The second-order valence-corrected chi connectivity index (χ2v) is 18.6. The van der Waals surface area contributed by atoms with E-state index < -0.39 is 0 Å². The monoisotopic (exact) mass is 1000 g/mol. The lowest BCUT2D eigenvalue weighted by Gasteiger charge is -2.24. The molecule has 0 radical (unpaired) electrons. The highest BCUT2D eigenvalue weighted by Crippen LogP contribution is 2.36. The number of hydrogen-bond acceptors (Lipinski definition) is 4. The second kappa shape index (κ2) is 24.7. The van der Waals surface area contributed by atoms with Gasteiger partial charge in [0.05, 0.1) is 0 Å². The van der Waals surface area contributed by atoms with Crippen molar-refractivity contribution in [2.45, 2.75) is 0 Å². The van der Waals surface area contributed by atoms with Gasteiger partial charge in [-0.2, -0.15) is 0 Å². The molecule has 78 heavy (non-hydrogen) atoms. The lowest BCUT2D eigenvalue weighted by atomic mass is 9.98. The Bertz CT molecular complexity index is 3430. The maximum Gasteiger partial charge on any atom is 0.127 e. The molecule has 11 aromatic rings. The Labute approximate surface area is 458 Å². The van der Waals surface area contributed by atoms with E-state index in [0.717, 1.165) is 101 Å². The molecule has 4 heteroatoms. The van der Waals surface area contributed by atoms with E-state index in [1.165, 1.54) is 0 Å². The van der Waals surface area contributed by atoms with Crippen LogP contribution in [0.25, 0.3) is 35.5 Å². The molecular formula is C74H56N2O2. The number of benzene rings is 11. The summed E-state index contributed by atoms with van der Waals surface area (Å²) in [4.78, 5) is 4.50. The summed E-state index contributed by atoms with van der Waals surface area (Å²) in [5.41, 5.74) is 15.3. The van der Waals surface area contributed by atoms with Gasteiger partial charge in [-0.25, -0.2) is 0 Å². The zero-order chi connectivity index (χ0) is 52.6. The van der Waals surface area contributed by atoms with Gasteiger partial charge in [0.25, 0.3) is 0 Å². The molecule has 11 rings (SSSR count). The molecule has 0 aliphatic heterocycles. The summed E-state index contributed by atoms with van der Waals surface area (Å²) < 4.78 is 12.4. The molecular weight excluding hydrogens is 949 g/mol. The van der Waals surface area contributed by atoms with Gasteiger partial charge in [-0.3, -0.25) is 0 Å². The predicted octanol–water partition coefficient (Wildman–Crippen LogP) is 20.1. The molecule has 0 saturated heterocycles. The van der Waals surface area contributed by atoms with Gasteiger partial charge >= 0.3 is 0 Å². The van der Waals surface area contributed by atoms with Crippen molar-refractivity contribution in [2.24, 2.45) is 0 Å². The van der Waals surface area contributed by atoms with Crippen LogP contribution in [0.2, 0.25) is 0 Å². The summed E-state index contributed by atoms with van der Waals surface area (Å²) in [5.74, 6) is 3.15. The predicted molar refractivity (Wildman–Crippen MR) is 327 cm³/mol. The first-order valence-electron chi connectivity index (χ1n) is 26.2. The lowest BCUT2D eigenvalue weighted by molar-refractivity contribution is 0.482. The molecule has 4 nitrogen and oxygen atoms in total. The third kappa shape index (κ3) is 12.9. The molecule has 0 bridgehead atoms. The summed E-state index contributed by atoms with van der Waals surface area (Å²) in [7, 11) is 0. The molecule has 0 unspecified atom stereocenters. The van der Waals surface area contributed by atoms with Crippen molar-refractivity contribution in [1.29, 1.82) is 0 Å². The quantitative estimate of drug-likeness (QED) is 0.0800. The number of rotatable bonds is 18. The molecule has 0 N–H and O–H groups in total. The number of para-hydroxylation sites is 2. The molecule has 0 aromatic heterocycles. The van der Waals surface area contributed by atoms with Gasteiger partial charge < -0.3 is 19.3 Å². The fraction of sp³-hybridized carbons (Fsp3) is 0. The number of ether oxygens (including phenoxy) is 2. The van der Waals surface area contributed by atoms with Crippen LogP contribution in [-0.2, 0) is 0 Å². The van der Waals surface area contributed by atoms with Crippen molar-refractivity contribution in [3.63, 3.8) is 0 Å². The Hall–Kier alpha value is -10.4. The fourth-order valence-corrected chi connectivity index (χ4v) is 9.20. The van der Waals surface area contributed by atoms with E-state index in [1.807, 2.05) is 84.9 Å². The summed E-state index contributed by atoms with van der Waals surface area (Å²) >= 11 is 0. The van der Waals surface area contributed by atoms with E-state index in [-0.39, 0.29) is 0 Å². The summed E-state index contributed by atoms with van der Waals surface area (Å²) in [6, 6.07) is 105. The smallest absolute Gasteiger partial charge is 0.127 e. The standard InChI is InChI=1S/C74H56N2O2/c1-7-22-61(23-8-1)73(62-24-9-2-10-25-62)55-75(67-46-50-71(51-47-67)77-69-30-15-5-16-31-69)65-42-38-57(39-43-65)34-36-59-20-19-21-60(54-59)37-35-58-40-44-66(45-41-58)76(68-48-52-72(53-49-68)78-70-32-17-6-18-33-70)56-74(63-26-11-3-12-27-63)64-28-13-4-14-29-64/h1-56H. The van der Waals surface area contributed by atoms with Gasteiger partial charge in [-0.1, -0.05) is 224 Å². The van der Waals surface area contributed by atoms with Gasteiger partial charge in [0.1, 0.15) is 23.0 Å². The first-order valence-corrected chi connectivity index (χ1v) is 26.2. The minimum atomic E-state index is 0.775. The van der Waals surface area contributed by atoms with E-state index in [9.17, 15) is 0 Å². The van der Waals surface area contributed by atoms with Crippen LogP contribution in [-0.4, -0.2) is 0 Å². The molecule has 0 aliphatic carbocycles. The van der Waals surface area contributed by atoms with Crippen molar-refractivity contribution in [3.8, 4) is 23.0 Å². The van der Waals surface area contributed by atoms with E-state index in [1.54, 1.807) is 0 Å². The Morgan fingerprint density at radius 1 is 0.231 bits per heavy atom. The maximum atomic E-state index is 6.18. The normalized spacial score (nSPS) is 11.0. The molecule has 0 atom stereocenters. The molecule has 0 amide bonds. The average Bonchev–Trinajstić information content (AvgIpc) is 3.54. The van der Waals surface area contributed by atoms with Gasteiger partial charge in [-0.15, -0.1) is 0 Å². The lowest BCUT2D eigenvalue weighted by Crippen LogP contribution is -2.10. The number of hydrogen-bond donors (Lipinski definition) is 0. The summed E-state index contributed by atoms with van der Waals surface area (Å²) in [6.07, 6.45) is 13.2. The zero-order valence-electron chi connectivity index (χ0n) is 43.0. The first kappa shape index (κ1) is 49.8. The van der Waals surface area contributed by atoms with Crippen LogP contribution < -0.4 is 19.3 Å². The third-order valence-corrected chi connectivity index (χ3v) is 13.2. The minimum absolute atomic E-state index is 0.775. The maximum absolute atomic E-state index is 6.18. The molecule has 0 fully saturated rings. The average molecular weight is 1010 g/mol. The number of nitrogens with zero attached hydrogens (tertiary/aromatic N) is 2. The molecule has 11 aromatic carbocycles. The van der Waals surface area contributed by atoms with E-state index in [0.29, 0.717) is 0 Å². The Balaban J connectivity index is 0.829.